The number of rotatable bonds is 6. The highest BCUT2D eigenvalue weighted by atomic mass is 16.5. The van der Waals surface area contributed by atoms with Gasteiger partial charge < -0.3 is 18.8 Å². The Labute approximate surface area is 307 Å². The van der Waals surface area contributed by atoms with E-state index in [1.54, 1.807) is 6.07 Å². The lowest BCUT2D eigenvalue weighted by Gasteiger charge is -2.18. The average Bonchev–Trinajstić information content (AvgIpc) is 3.75. The smallest absolute Gasteiger partial charge is 0.135 e. The first kappa shape index (κ1) is 30.8. The Bertz CT molecular complexity index is 2960. The second-order valence-electron chi connectivity index (χ2n) is 13.3. The summed E-state index contributed by atoms with van der Waals surface area (Å²) in [7, 11) is 6.91. The van der Waals surface area contributed by atoms with Crippen LogP contribution >= 0.6 is 0 Å². The Kier molecular flexibility index (Phi) is 7.19. The molecular formula is C48H30BNO3. The molecule has 5 heteroatoms. The third-order valence-electron chi connectivity index (χ3n) is 10.1. The van der Waals surface area contributed by atoms with Gasteiger partial charge >= 0.3 is 0 Å². The minimum absolute atomic E-state index is 0.119. The predicted octanol–water partition coefficient (Wildman–Crippen LogP) is 12.0. The molecule has 0 bridgehead atoms. The van der Waals surface area contributed by atoms with Gasteiger partial charge in [0.1, 0.15) is 36.3 Å². The monoisotopic (exact) mass is 679 g/mol. The molecule has 0 atom stereocenters. The molecule has 2 heterocycles. The van der Waals surface area contributed by atoms with Crippen molar-refractivity contribution in [3.63, 3.8) is 0 Å². The van der Waals surface area contributed by atoms with Gasteiger partial charge in [-0.2, -0.15) is 0 Å². The lowest BCUT2D eigenvalue weighted by molar-refractivity contribution is 0.477. The summed E-state index contributed by atoms with van der Waals surface area (Å²) in [6, 6.07) is 59.0. The highest BCUT2D eigenvalue weighted by Crippen LogP contribution is 2.40. The largest absolute Gasteiger partial charge is 0.507 e. The number of phenolic OH excluding ortho intramolecular Hbond substituents is 1. The summed E-state index contributed by atoms with van der Waals surface area (Å²) < 4.78 is 14.8. The summed E-state index contributed by atoms with van der Waals surface area (Å²) >= 11 is 0. The van der Waals surface area contributed by atoms with Crippen molar-refractivity contribution < 1.29 is 14.3 Å². The van der Waals surface area contributed by atoms with Gasteiger partial charge in [0, 0.05) is 32.8 Å². The van der Waals surface area contributed by atoms with Crippen LogP contribution in [0.1, 0.15) is 0 Å². The van der Waals surface area contributed by atoms with Crippen LogP contribution in [0.15, 0.2) is 180 Å². The van der Waals surface area contributed by atoms with Crippen molar-refractivity contribution in [3.05, 3.63) is 176 Å². The molecule has 53 heavy (non-hydrogen) atoms. The molecule has 0 aliphatic rings. The number of fused-ring (bicyclic) bond motifs is 6. The maximum Gasteiger partial charge on any atom is 0.135 e. The van der Waals surface area contributed by atoms with Crippen molar-refractivity contribution >= 4 is 57.1 Å². The van der Waals surface area contributed by atoms with Crippen LogP contribution in [-0.4, -0.2) is 17.5 Å². The lowest BCUT2D eigenvalue weighted by atomic mass is 9.83. The zero-order chi connectivity index (χ0) is 35.5. The first-order valence-electron chi connectivity index (χ1n) is 17.6. The Morgan fingerprint density at radius 2 is 1.11 bits per heavy atom. The Balaban J connectivity index is 1.10. The van der Waals surface area contributed by atoms with Gasteiger partial charge in [-0.15, -0.1) is 0 Å². The number of furan rings is 1. The Morgan fingerprint density at radius 1 is 0.472 bits per heavy atom. The van der Waals surface area contributed by atoms with Crippen LogP contribution in [0, 0.1) is 0 Å². The fraction of sp³-hybridized carbons (Fsp3) is 0. The minimum atomic E-state index is 0.119. The van der Waals surface area contributed by atoms with Gasteiger partial charge in [-0.3, -0.25) is 0 Å². The number of hydrogen-bond donors (Lipinski definition) is 1. The molecule has 4 nitrogen and oxygen atoms in total. The van der Waals surface area contributed by atoms with Crippen LogP contribution in [0.4, 0.5) is 0 Å². The second-order valence-corrected chi connectivity index (χ2v) is 13.3. The maximum atomic E-state index is 11.7. The molecule has 0 spiro atoms. The van der Waals surface area contributed by atoms with Gasteiger partial charge in [0.05, 0.1) is 11.0 Å². The van der Waals surface area contributed by atoms with Crippen LogP contribution in [0.3, 0.4) is 0 Å². The SMILES string of the molecule is [B]c1c(Oc2ccccc2)cc(-c2cccc(-n3c4ccccc4c4ccccc43)c2)cc1-c1ccc(-c2ccc3oc4ccccc4c3c2)cc1O. The van der Waals surface area contributed by atoms with E-state index >= 15 is 0 Å². The van der Waals surface area contributed by atoms with Crippen LogP contribution < -0.4 is 10.2 Å². The first-order valence-corrected chi connectivity index (χ1v) is 17.6. The molecule has 0 unspecified atom stereocenters. The molecule has 0 saturated heterocycles. The summed E-state index contributed by atoms with van der Waals surface area (Å²) in [4.78, 5) is 0. The predicted molar refractivity (Wildman–Crippen MR) is 218 cm³/mol. The summed E-state index contributed by atoms with van der Waals surface area (Å²) in [5, 5.41) is 16.2. The zero-order valence-electron chi connectivity index (χ0n) is 28.5. The quantitative estimate of drug-likeness (QED) is 0.178. The summed E-state index contributed by atoms with van der Waals surface area (Å²) in [5.74, 6) is 1.29. The van der Waals surface area contributed by atoms with E-state index in [2.05, 4.69) is 89.5 Å². The van der Waals surface area contributed by atoms with Gasteiger partial charge in [0.15, 0.2) is 0 Å². The first-order chi connectivity index (χ1) is 26.1. The summed E-state index contributed by atoms with van der Waals surface area (Å²) in [6.07, 6.45) is 0. The average molecular weight is 680 g/mol. The van der Waals surface area contributed by atoms with E-state index in [-0.39, 0.29) is 5.75 Å². The Morgan fingerprint density at radius 3 is 1.89 bits per heavy atom. The van der Waals surface area contributed by atoms with Crippen LogP contribution in [0.5, 0.6) is 17.2 Å². The minimum Gasteiger partial charge on any atom is -0.507 e. The standard InChI is InChI=1S/C48H30BNO3/c49-48-41(38-23-21-32(28-44(38)51)31-22-24-46-40(26-31)39-17-6-9-20-45(39)53-46)27-33(29-47(48)52-35-13-2-1-3-14-35)30-11-10-12-34(25-30)50-42-18-7-4-15-36(42)37-16-5-8-19-43(37)50/h1-29,51H. The number of hydrogen-bond acceptors (Lipinski definition) is 3. The molecule has 8 aromatic carbocycles. The van der Waals surface area contributed by atoms with Crippen molar-refractivity contribution in [1.29, 1.82) is 0 Å². The topological polar surface area (TPSA) is 47.5 Å². The third kappa shape index (κ3) is 5.25. The fourth-order valence-electron chi connectivity index (χ4n) is 7.59. The van der Waals surface area contributed by atoms with E-state index in [9.17, 15) is 5.11 Å². The molecule has 248 valence electrons. The van der Waals surface area contributed by atoms with Crippen molar-refractivity contribution in [2.45, 2.75) is 0 Å². The van der Waals surface area contributed by atoms with E-state index in [1.807, 2.05) is 84.9 Å². The molecule has 0 fully saturated rings. The van der Waals surface area contributed by atoms with Crippen LogP contribution in [0.2, 0.25) is 0 Å². The van der Waals surface area contributed by atoms with Gasteiger partial charge in [0.2, 0.25) is 0 Å². The molecule has 0 aliphatic carbocycles. The highest BCUT2D eigenvalue weighted by Gasteiger charge is 2.18. The molecule has 1 N–H and O–H groups in total. The van der Waals surface area contributed by atoms with Crippen molar-refractivity contribution in [3.8, 4) is 56.3 Å². The lowest BCUT2D eigenvalue weighted by Crippen LogP contribution is -2.11. The van der Waals surface area contributed by atoms with Gasteiger partial charge in [-0.1, -0.05) is 103 Å². The normalized spacial score (nSPS) is 11.5. The van der Waals surface area contributed by atoms with Gasteiger partial charge in [-0.25, -0.2) is 0 Å². The van der Waals surface area contributed by atoms with Gasteiger partial charge in [-0.05, 0) is 106 Å². The van der Waals surface area contributed by atoms with E-state index in [4.69, 9.17) is 17.0 Å². The fourth-order valence-corrected chi connectivity index (χ4v) is 7.59. The van der Waals surface area contributed by atoms with Crippen molar-refractivity contribution in [2.24, 2.45) is 0 Å². The van der Waals surface area contributed by atoms with Crippen LogP contribution in [0.25, 0.3) is 82.8 Å². The number of ether oxygens (including phenoxy) is 1. The summed E-state index contributed by atoms with van der Waals surface area (Å²) in [5.41, 5.74) is 10.5. The van der Waals surface area contributed by atoms with E-state index in [0.29, 0.717) is 28.1 Å². The molecular weight excluding hydrogens is 649 g/mol. The molecule has 0 saturated carbocycles. The number of benzene rings is 8. The third-order valence-corrected chi connectivity index (χ3v) is 10.1. The van der Waals surface area contributed by atoms with Gasteiger partial charge in [0.25, 0.3) is 0 Å². The number of para-hydroxylation sites is 4. The van der Waals surface area contributed by atoms with Crippen LogP contribution in [-0.2, 0) is 0 Å². The number of nitrogens with zero attached hydrogens (tertiary/aromatic N) is 1. The van der Waals surface area contributed by atoms with E-state index in [0.717, 1.165) is 60.9 Å². The number of phenols is 1. The highest BCUT2D eigenvalue weighted by molar-refractivity contribution is 6.38. The Hall–Kier alpha value is -6.98. The second kappa shape index (κ2) is 12.4. The number of aromatic nitrogens is 1. The van der Waals surface area contributed by atoms with E-state index < -0.39 is 0 Å². The van der Waals surface area contributed by atoms with Crippen molar-refractivity contribution in [2.75, 3.05) is 0 Å². The molecule has 10 aromatic rings. The molecule has 2 radical (unpaired) electrons. The zero-order valence-corrected chi connectivity index (χ0v) is 28.5. The number of aromatic hydroxyl groups is 1. The van der Waals surface area contributed by atoms with E-state index in [1.165, 1.54) is 10.8 Å². The molecule has 0 amide bonds. The molecule has 0 aliphatic heterocycles. The molecule has 10 rings (SSSR count). The molecule has 2 aromatic heterocycles. The van der Waals surface area contributed by atoms with Crippen molar-refractivity contribution in [1.82, 2.24) is 4.57 Å². The maximum absolute atomic E-state index is 11.7. The summed E-state index contributed by atoms with van der Waals surface area (Å²) in [6.45, 7) is 0.